The van der Waals surface area contributed by atoms with Crippen LogP contribution in [0.3, 0.4) is 0 Å². The Morgan fingerprint density at radius 3 is 2.54 bits per heavy atom. The van der Waals surface area contributed by atoms with Crippen LogP contribution in [0.2, 0.25) is 5.02 Å². The minimum absolute atomic E-state index is 0.0182. The number of carbonyl (C=O) groups is 2. The highest BCUT2D eigenvalue weighted by atomic mass is 35.5. The van der Waals surface area contributed by atoms with Gasteiger partial charge in [-0.25, -0.2) is 5.01 Å². The van der Waals surface area contributed by atoms with Crippen molar-refractivity contribution in [1.29, 1.82) is 0 Å². The van der Waals surface area contributed by atoms with Gasteiger partial charge in [-0.1, -0.05) is 41.9 Å². The Morgan fingerprint density at radius 1 is 1.08 bits per heavy atom. The lowest BCUT2D eigenvalue weighted by Gasteiger charge is -2.31. The average Bonchev–Trinajstić information content (AvgIpc) is 3.67. The number of benzene rings is 2. The predicted molar refractivity (Wildman–Crippen MR) is 145 cm³/mol. The Balaban J connectivity index is 1.38. The molecule has 1 saturated carbocycles. The number of hydrogen-bond donors (Lipinski definition) is 0. The van der Waals surface area contributed by atoms with Crippen LogP contribution < -0.4 is 0 Å². The molecule has 1 unspecified atom stereocenters. The van der Waals surface area contributed by atoms with E-state index < -0.39 is 0 Å². The summed E-state index contributed by atoms with van der Waals surface area (Å²) in [6, 6.07) is 13.6. The number of hydrazone groups is 1. The van der Waals surface area contributed by atoms with E-state index in [0.29, 0.717) is 31.2 Å². The molecule has 37 heavy (non-hydrogen) atoms. The van der Waals surface area contributed by atoms with Gasteiger partial charge in [-0.15, -0.1) is 0 Å². The van der Waals surface area contributed by atoms with Crippen molar-refractivity contribution in [2.45, 2.75) is 39.2 Å². The van der Waals surface area contributed by atoms with Gasteiger partial charge in [0.05, 0.1) is 25.0 Å². The molecule has 2 aromatic rings. The summed E-state index contributed by atoms with van der Waals surface area (Å²) >= 11 is 6.59. The SMILES string of the molecule is Cc1ccc(C2=NN(C(=O)CN(CCN3CCOCC3)C(=O)C3CC3)C(c3ccccc3Cl)C2)cc1C. The lowest BCUT2D eigenvalue weighted by Crippen LogP contribution is -2.47. The summed E-state index contributed by atoms with van der Waals surface area (Å²) in [4.78, 5) is 31.0. The van der Waals surface area contributed by atoms with Crippen LogP contribution in [-0.2, 0) is 14.3 Å². The first-order valence-electron chi connectivity index (χ1n) is 13.2. The van der Waals surface area contributed by atoms with Crippen molar-refractivity contribution < 1.29 is 14.3 Å². The Morgan fingerprint density at radius 2 is 1.84 bits per heavy atom. The maximum absolute atomic E-state index is 13.8. The summed E-state index contributed by atoms with van der Waals surface area (Å²) in [5.74, 6) is -0.0572. The smallest absolute Gasteiger partial charge is 0.262 e. The molecule has 0 N–H and O–H groups in total. The third-order valence-electron chi connectivity index (χ3n) is 7.62. The molecule has 2 aliphatic heterocycles. The maximum atomic E-state index is 13.8. The number of rotatable bonds is 8. The zero-order valence-corrected chi connectivity index (χ0v) is 22.4. The summed E-state index contributed by atoms with van der Waals surface area (Å²) in [6.45, 7) is 8.56. The van der Waals surface area contributed by atoms with Crippen molar-refractivity contribution in [3.05, 3.63) is 69.7 Å². The van der Waals surface area contributed by atoms with Gasteiger partial charge in [0.2, 0.25) is 5.91 Å². The molecule has 2 heterocycles. The van der Waals surface area contributed by atoms with Gasteiger partial charge in [-0.2, -0.15) is 5.10 Å². The number of amides is 2. The molecular formula is C29H35ClN4O3. The van der Waals surface area contributed by atoms with Crippen LogP contribution in [-0.4, -0.2) is 78.3 Å². The van der Waals surface area contributed by atoms with E-state index >= 15 is 0 Å². The lowest BCUT2D eigenvalue weighted by molar-refractivity contribution is -0.142. The predicted octanol–water partition coefficient (Wildman–Crippen LogP) is 4.21. The standard InChI is InChI=1S/C29H35ClN4O3/c1-20-7-8-23(17-21(20)2)26-18-27(24-5-3-4-6-25(24)30)34(31-26)28(35)19-33(29(36)22-9-10-22)12-11-32-13-15-37-16-14-32/h3-8,17,22,27H,9-16,18-19H2,1-2H3. The summed E-state index contributed by atoms with van der Waals surface area (Å²) in [7, 11) is 0. The molecule has 1 saturated heterocycles. The van der Waals surface area contributed by atoms with E-state index in [1.807, 2.05) is 24.3 Å². The molecule has 1 aliphatic carbocycles. The van der Waals surface area contributed by atoms with E-state index in [1.54, 1.807) is 9.91 Å². The minimum atomic E-state index is -0.310. The molecule has 0 spiro atoms. The third kappa shape index (κ3) is 6.06. The summed E-state index contributed by atoms with van der Waals surface area (Å²) in [5.41, 5.74) is 5.13. The zero-order valence-electron chi connectivity index (χ0n) is 21.7. The Hall–Kier alpha value is -2.74. The Kier molecular flexibility index (Phi) is 7.93. The monoisotopic (exact) mass is 522 g/mol. The summed E-state index contributed by atoms with van der Waals surface area (Å²) in [5, 5.41) is 7.00. The molecule has 2 aromatic carbocycles. The van der Waals surface area contributed by atoms with Crippen LogP contribution in [0.1, 0.15) is 47.6 Å². The highest BCUT2D eigenvalue weighted by molar-refractivity contribution is 6.31. The molecule has 1 atom stereocenters. The summed E-state index contributed by atoms with van der Waals surface area (Å²) < 4.78 is 5.45. The maximum Gasteiger partial charge on any atom is 0.262 e. The quantitative estimate of drug-likeness (QED) is 0.521. The van der Waals surface area contributed by atoms with E-state index in [2.05, 4.69) is 36.9 Å². The fraction of sp³-hybridized carbons (Fsp3) is 0.483. The van der Waals surface area contributed by atoms with Crippen LogP contribution in [0.4, 0.5) is 0 Å². The molecule has 7 nitrogen and oxygen atoms in total. The van der Waals surface area contributed by atoms with Crippen LogP contribution in [0.25, 0.3) is 0 Å². The van der Waals surface area contributed by atoms with Gasteiger partial charge in [0, 0.05) is 43.5 Å². The van der Waals surface area contributed by atoms with Gasteiger partial charge in [0.15, 0.2) is 0 Å². The normalized spacial score (nSPS) is 20.1. The topological polar surface area (TPSA) is 65.5 Å². The lowest BCUT2D eigenvalue weighted by atomic mass is 9.96. The number of hydrogen-bond acceptors (Lipinski definition) is 5. The van der Waals surface area contributed by atoms with Gasteiger partial charge in [-0.3, -0.25) is 14.5 Å². The Bertz CT molecular complexity index is 1190. The average molecular weight is 523 g/mol. The van der Waals surface area contributed by atoms with E-state index in [4.69, 9.17) is 21.4 Å². The van der Waals surface area contributed by atoms with E-state index in [1.165, 1.54) is 11.1 Å². The molecule has 8 heteroatoms. The van der Waals surface area contributed by atoms with Crippen molar-refractivity contribution >= 4 is 29.1 Å². The molecule has 2 amide bonds. The second kappa shape index (κ2) is 11.3. The fourth-order valence-electron chi connectivity index (χ4n) is 5.00. The van der Waals surface area contributed by atoms with Crippen molar-refractivity contribution in [3.8, 4) is 0 Å². The Labute approximate surface area is 224 Å². The van der Waals surface area contributed by atoms with Crippen molar-refractivity contribution in [2.24, 2.45) is 11.0 Å². The highest BCUT2D eigenvalue weighted by Gasteiger charge is 2.38. The largest absolute Gasteiger partial charge is 0.379 e. The summed E-state index contributed by atoms with van der Waals surface area (Å²) in [6.07, 6.45) is 2.38. The number of aryl methyl sites for hydroxylation is 2. The first-order chi connectivity index (χ1) is 17.9. The first-order valence-corrected chi connectivity index (χ1v) is 13.6. The zero-order chi connectivity index (χ0) is 25.9. The minimum Gasteiger partial charge on any atom is -0.379 e. The number of ether oxygens (including phenoxy) is 1. The van der Waals surface area contributed by atoms with Gasteiger partial charge < -0.3 is 9.64 Å². The molecule has 196 valence electrons. The number of nitrogens with zero attached hydrogens (tertiary/aromatic N) is 4. The van der Waals surface area contributed by atoms with E-state index in [0.717, 1.165) is 49.3 Å². The molecule has 0 bridgehead atoms. The molecule has 2 fully saturated rings. The second-order valence-corrected chi connectivity index (χ2v) is 10.7. The molecular weight excluding hydrogens is 488 g/mol. The molecule has 0 aromatic heterocycles. The second-order valence-electron chi connectivity index (χ2n) is 10.3. The van der Waals surface area contributed by atoms with Gasteiger partial charge in [-0.05, 0) is 61.1 Å². The van der Waals surface area contributed by atoms with Crippen LogP contribution in [0.5, 0.6) is 0 Å². The van der Waals surface area contributed by atoms with Crippen LogP contribution in [0, 0.1) is 19.8 Å². The highest BCUT2D eigenvalue weighted by Crippen LogP contribution is 2.37. The fourth-order valence-corrected chi connectivity index (χ4v) is 5.26. The van der Waals surface area contributed by atoms with Crippen LogP contribution >= 0.6 is 11.6 Å². The van der Waals surface area contributed by atoms with Crippen molar-refractivity contribution in [2.75, 3.05) is 45.9 Å². The van der Waals surface area contributed by atoms with Gasteiger partial charge >= 0.3 is 0 Å². The van der Waals surface area contributed by atoms with Crippen molar-refractivity contribution in [3.63, 3.8) is 0 Å². The van der Waals surface area contributed by atoms with E-state index in [9.17, 15) is 9.59 Å². The molecule has 5 rings (SSSR count). The van der Waals surface area contributed by atoms with Gasteiger partial charge in [0.25, 0.3) is 5.91 Å². The number of halogens is 1. The first kappa shape index (κ1) is 25.9. The third-order valence-corrected chi connectivity index (χ3v) is 7.97. The van der Waals surface area contributed by atoms with E-state index in [-0.39, 0.29) is 30.3 Å². The molecule has 0 radical (unpaired) electrons. The van der Waals surface area contributed by atoms with Crippen LogP contribution in [0.15, 0.2) is 47.6 Å². The van der Waals surface area contributed by atoms with Gasteiger partial charge in [0.1, 0.15) is 6.54 Å². The number of carbonyl (C=O) groups excluding carboxylic acids is 2. The molecule has 3 aliphatic rings. The van der Waals surface area contributed by atoms with Crippen molar-refractivity contribution in [1.82, 2.24) is 14.8 Å². The number of morpholine rings is 1.